The topological polar surface area (TPSA) is 35.2 Å². The lowest BCUT2D eigenvalue weighted by Gasteiger charge is -2.10. The second kappa shape index (κ2) is 5.30. The summed E-state index contributed by atoms with van der Waals surface area (Å²) in [6.07, 6.45) is 0. The number of benzene rings is 2. The first-order valence-corrected chi connectivity index (χ1v) is 5.84. The predicted molar refractivity (Wildman–Crippen MR) is 71.6 cm³/mol. The molecule has 0 bridgehead atoms. The van der Waals surface area contributed by atoms with E-state index in [4.69, 9.17) is 33.7 Å². The van der Waals surface area contributed by atoms with Crippen molar-refractivity contribution >= 4 is 28.9 Å². The van der Waals surface area contributed by atoms with Gasteiger partial charge in [0.25, 0.3) is 0 Å². The van der Waals surface area contributed by atoms with Gasteiger partial charge in [-0.25, -0.2) is 0 Å². The molecule has 0 fully saturated rings. The number of rotatable bonds is 3. The van der Waals surface area contributed by atoms with E-state index in [1.807, 2.05) is 24.3 Å². The molecule has 2 aromatic rings. The van der Waals surface area contributed by atoms with Crippen molar-refractivity contribution in [2.24, 2.45) is 0 Å². The van der Waals surface area contributed by atoms with Crippen molar-refractivity contribution in [1.82, 2.24) is 0 Å². The zero-order valence-electron chi connectivity index (χ0n) is 8.99. The van der Waals surface area contributed by atoms with Crippen LogP contribution in [0.5, 0.6) is 5.75 Å². The quantitative estimate of drug-likeness (QED) is 0.848. The Morgan fingerprint density at radius 1 is 1.00 bits per heavy atom. The second-order valence-corrected chi connectivity index (χ2v) is 4.32. The maximum atomic E-state index is 6.01. The largest absolute Gasteiger partial charge is 0.487 e. The minimum absolute atomic E-state index is 0.368. The van der Waals surface area contributed by atoms with Crippen molar-refractivity contribution in [1.29, 1.82) is 0 Å². The molecule has 4 heteroatoms. The maximum absolute atomic E-state index is 6.01. The molecule has 0 aliphatic rings. The molecule has 2 rings (SSSR count). The van der Waals surface area contributed by atoms with E-state index in [1.54, 1.807) is 18.2 Å². The van der Waals surface area contributed by atoms with Gasteiger partial charge in [-0.3, -0.25) is 0 Å². The molecule has 88 valence electrons. The molecule has 0 radical (unpaired) electrons. The van der Waals surface area contributed by atoms with Crippen LogP contribution in [-0.2, 0) is 6.61 Å². The molecule has 0 unspecified atom stereocenters. The molecule has 0 amide bonds. The Bertz CT molecular complexity index is 529. The molecule has 0 atom stereocenters. The Morgan fingerprint density at radius 2 is 1.76 bits per heavy atom. The van der Waals surface area contributed by atoms with E-state index >= 15 is 0 Å². The van der Waals surface area contributed by atoms with Crippen LogP contribution in [0.4, 0.5) is 5.69 Å². The van der Waals surface area contributed by atoms with E-state index < -0.39 is 0 Å². The number of nitrogens with two attached hydrogens (primary N) is 1. The van der Waals surface area contributed by atoms with E-state index in [9.17, 15) is 0 Å². The fourth-order valence-corrected chi connectivity index (χ4v) is 1.76. The molecule has 17 heavy (non-hydrogen) atoms. The van der Waals surface area contributed by atoms with Gasteiger partial charge in [0.15, 0.2) is 0 Å². The van der Waals surface area contributed by atoms with E-state index in [0.717, 1.165) is 5.56 Å². The number of anilines is 1. The average Bonchev–Trinajstić information content (AvgIpc) is 2.33. The third-order valence-electron chi connectivity index (χ3n) is 2.35. The van der Waals surface area contributed by atoms with Gasteiger partial charge in [0.05, 0.1) is 5.02 Å². The van der Waals surface area contributed by atoms with E-state index in [0.29, 0.717) is 28.1 Å². The van der Waals surface area contributed by atoms with E-state index in [1.165, 1.54) is 0 Å². The first-order chi connectivity index (χ1) is 8.18. The molecule has 0 aromatic heterocycles. The first-order valence-electron chi connectivity index (χ1n) is 5.08. The van der Waals surface area contributed by atoms with Crippen LogP contribution >= 0.6 is 23.2 Å². The Balaban J connectivity index is 2.13. The third kappa shape index (κ3) is 2.84. The van der Waals surface area contributed by atoms with Gasteiger partial charge in [0, 0.05) is 11.3 Å². The van der Waals surface area contributed by atoms with Crippen molar-refractivity contribution in [3.8, 4) is 5.75 Å². The summed E-state index contributed by atoms with van der Waals surface area (Å²) < 4.78 is 5.59. The molecule has 0 aliphatic heterocycles. The van der Waals surface area contributed by atoms with Crippen LogP contribution in [0.1, 0.15) is 5.56 Å². The molecule has 2 nitrogen and oxygen atoms in total. The number of hydrogen-bond acceptors (Lipinski definition) is 2. The van der Waals surface area contributed by atoms with Crippen LogP contribution in [0.2, 0.25) is 10.0 Å². The summed E-state index contributed by atoms with van der Waals surface area (Å²) >= 11 is 11.9. The molecule has 0 spiro atoms. The lowest BCUT2D eigenvalue weighted by molar-refractivity contribution is 0.307. The lowest BCUT2D eigenvalue weighted by Crippen LogP contribution is -2.00. The molecule has 0 saturated carbocycles. The lowest BCUT2D eigenvalue weighted by atomic mass is 10.2. The Labute approximate surface area is 110 Å². The molecule has 2 aromatic carbocycles. The van der Waals surface area contributed by atoms with Gasteiger partial charge in [-0.05, 0) is 18.2 Å². The number of halogens is 2. The highest BCUT2D eigenvalue weighted by Gasteiger charge is 2.06. The monoisotopic (exact) mass is 267 g/mol. The summed E-state index contributed by atoms with van der Waals surface area (Å²) in [5, 5.41) is 0.897. The summed E-state index contributed by atoms with van der Waals surface area (Å²) in [6, 6.07) is 12.8. The standard InChI is InChI=1S/C13H11Cl2NO/c14-10-5-3-7-12(13(10)15)17-8-9-4-1-2-6-11(9)16/h1-7H,8,16H2. The smallest absolute Gasteiger partial charge is 0.139 e. The molecular formula is C13H11Cl2NO. The minimum Gasteiger partial charge on any atom is -0.487 e. The summed E-state index contributed by atoms with van der Waals surface area (Å²) in [6.45, 7) is 0.368. The Morgan fingerprint density at radius 3 is 2.53 bits per heavy atom. The van der Waals surface area contributed by atoms with Crippen molar-refractivity contribution in [2.45, 2.75) is 6.61 Å². The van der Waals surface area contributed by atoms with Crippen molar-refractivity contribution in [2.75, 3.05) is 5.73 Å². The van der Waals surface area contributed by atoms with Crippen LogP contribution in [0.25, 0.3) is 0 Å². The van der Waals surface area contributed by atoms with Gasteiger partial charge in [0.2, 0.25) is 0 Å². The fourth-order valence-electron chi connectivity index (χ4n) is 1.42. The highest BCUT2D eigenvalue weighted by Crippen LogP contribution is 2.32. The van der Waals surface area contributed by atoms with Gasteiger partial charge >= 0.3 is 0 Å². The van der Waals surface area contributed by atoms with Crippen LogP contribution < -0.4 is 10.5 Å². The molecular weight excluding hydrogens is 257 g/mol. The Hall–Kier alpha value is -1.38. The van der Waals surface area contributed by atoms with E-state index in [2.05, 4.69) is 0 Å². The summed E-state index contributed by atoms with van der Waals surface area (Å²) in [5.41, 5.74) is 7.43. The molecule has 0 aliphatic carbocycles. The van der Waals surface area contributed by atoms with Gasteiger partial charge < -0.3 is 10.5 Å². The van der Waals surface area contributed by atoms with E-state index in [-0.39, 0.29) is 0 Å². The van der Waals surface area contributed by atoms with Gasteiger partial charge in [-0.15, -0.1) is 0 Å². The number of hydrogen-bond donors (Lipinski definition) is 1. The predicted octanol–water partition coefficient (Wildman–Crippen LogP) is 4.15. The highest BCUT2D eigenvalue weighted by molar-refractivity contribution is 6.42. The molecule has 2 N–H and O–H groups in total. The summed E-state index contributed by atoms with van der Waals surface area (Å²) in [4.78, 5) is 0. The minimum atomic E-state index is 0.368. The molecule has 0 saturated heterocycles. The van der Waals surface area contributed by atoms with Crippen LogP contribution in [0.3, 0.4) is 0 Å². The van der Waals surface area contributed by atoms with Crippen LogP contribution in [0, 0.1) is 0 Å². The number of ether oxygens (including phenoxy) is 1. The van der Waals surface area contributed by atoms with Gasteiger partial charge in [-0.2, -0.15) is 0 Å². The van der Waals surface area contributed by atoms with Gasteiger partial charge in [-0.1, -0.05) is 47.5 Å². The van der Waals surface area contributed by atoms with Gasteiger partial charge in [0.1, 0.15) is 17.4 Å². The highest BCUT2D eigenvalue weighted by atomic mass is 35.5. The zero-order chi connectivity index (χ0) is 12.3. The Kier molecular flexibility index (Phi) is 3.77. The number of nitrogen functional groups attached to an aromatic ring is 1. The van der Waals surface area contributed by atoms with Crippen LogP contribution in [0.15, 0.2) is 42.5 Å². The maximum Gasteiger partial charge on any atom is 0.139 e. The summed E-state index contributed by atoms with van der Waals surface area (Å²) in [5.74, 6) is 0.558. The first kappa shape index (κ1) is 12.1. The second-order valence-electron chi connectivity index (χ2n) is 3.54. The SMILES string of the molecule is Nc1ccccc1COc1cccc(Cl)c1Cl. The normalized spacial score (nSPS) is 10.2. The average molecular weight is 268 g/mol. The zero-order valence-corrected chi connectivity index (χ0v) is 10.5. The fraction of sp³-hybridized carbons (Fsp3) is 0.0769. The van der Waals surface area contributed by atoms with Crippen molar-refractivity contribution < 1.29 is 4.74 Å². The van der Waals surface area contributed by atoms with Crippen molar-refractivity contribution in [3.05, 3.63) is 58.1 Å². The number of para-hydroxylation sites is 1. The molecule has 0 heterocycles. The van der Waals surface area contributed by atoms with Crippen LogP contribution in [-0.4, -0.2) is 0 Å². The van der Waals surface area contributed by atoms with Crippen molar-refractivity contribution in [3.63, 3.8) is 0 Å². The summed E-state index contributed by atoms with van der Waals surface area (Å²) in [7, 11) is 0. The third-order valence-corrected chi connectivity index (χ3v) is 3.16.